The van der Waals surface area contributed by atoms with E-state index in [9.17, 15) is 14.7 Å². The lowest BCUT2D eigenvalue weighted by Gasteiger charge is -2.20. The minimum absolute atomic E-state index is 0.0542. The van der Waals surface area contributed by atoms with E-state index in [0.717, 1.165) is 0 Å². The third kappa shape index (κ3) is 3.08. The number of rotatable bonds is 4. The summed E-state index contributed by atoms with van der Waals surface area (Å²) >= 11 is 0. The molecule has 0 saturated carbocycles. The van der Waals surface area contributed by atoms with E-state index in [4.69, 9.17) is 9.63 Å². The van der Waals surface area contributed by atoms with Crippen molar-refractivity contribution in [2.75, 3.05) is 6.54 Å². The summed E-state index contributed by atoms with van der Waals surface area (Å²) in [6.07, 6.45) is -0.368. The van der Waals surface area contributed by atoms with Crippen molar-refractivity contribution in [3.05, 3.63) is 11.7 Å². The number of carbonyl (C=O) groups is 2. The quantitative estimate of drug-likeness (QED) is 0.746. The van der Waals surface area contributed by atoms with E-state index in [0.29, 0.717) is 11.7 Å². The van der Waals surface area contributed by atoms with Crippen LogP contribution in [0, 0.1) is 6.92 Å². The first-order valence-corrected chi connectivity index (χ1v) is 5.97. The zero-order chi connectivity index (χ0) is 14.0. The molecular weight excluding hydrogens is 254 g/mol. The number of nitrogens with zero attached hydrogens (tertiary/aromatic N) is 3. The molecule has 1 amide bonds. The van der Waals surface area contributed by atoms with Crippen LogP contribution in [0.5, 0.6) is 0 Å². The lowest BCUT2D eigenvalue weighted by Crippen LogP contribution is -2.40. The summed E-state index contributed by atoms with van der Waals surface area (Å²) in [5.74, 6) is -0.599. The van der Waals surface area contributed by atoms with Gasteiger partial charge >= 0.3 is 5.97 Å². The van der Waals surface area contributed by atoms with E-state index < -0.39 is 18.1 Å². The van der Waals surface area contributed by atoms with Crippen LogP contribution in [0.1, 0.15) is 24.6 Å². The minimum Gasteiger partial charge on any atom is -0.480 e. The molecule has 0 spiro atoms. The highest BCUT2D eigenvalue weighted by atomic mass is 16.5. The number of amides is 1. The summed E-state index contributed by atoms with van der Waals surface area (Å²) in [4.78, 5) is 28.1. The number of hydrogen-bond acceptors (Lipinski definition) is 6. The van der Waals surface area contributed by atoms with E-state index in [1.54, 1.807) is 6.92 Å². The molecule has 2 atom stereocenters. The summed E-state index contributed by atoms with van der Waals surface area (Å²) in [6, 6.07) is -0.952. The molecule has 0 aromatic carbocycles. The van der Waals surface area contributed by atoms with E-state index in [2.05, 4.69) is 10.1 Å². The smallest absolute Gasteiger partial charge is 0.326 e. The second-order valence-corrected chi connectivity index (χ2v) is 4.52. The summed E-state index contributed by atoms with van der Waals surface area (Å²) in [5, 5.41) is 22.1. The Kier molecular flexibility index (Phi) is 3.79. The van der Waals surface area contributed by atoms with Crippen LogP contribution in [0.2, 0.25) is 0 Å². The topological polar surface area (TPSA) is 117 Å². The van der Waals surface area contributed by atoms with E-state index in [1.807, 2.05) is 0 Å². The number of aliphatic hydroxyl groups is 1. The maximum absolute atomic E-state index is 11.9. The molecule has 0 radical (unpaired) electrons. The molecule has 0 bridgehead atoms. The molecular formula is C11H15N3O5. The number of aliphatic carboxylic acids is 1. The van der Waals surface area contributed by atoms with Gasteiger partial charge in [-0.2, -0.15) is 4.98 Å². The Balaban J connectivity index is 1.93. The molecule has 1 aromatic rings. The Labute approximate surface area is 109 Å². The van der Waals surface area contributed by atoms with Crippen LogP contribution in [-0.2, 0) is 16.0 Å². The normalized spacial score (nSPS) is 22.7. The second-order valence-electron chi connectivity index (χ2n) is 4.52. The van der Waals surface area contributed by atoms with Crippen LogP contribution in [-0.4, -0.2) is 55.8 Å². The average molecular weight is 269 g/mol. The maximum Gasteiger partial charge on any atom is 0.326 e. The van der Waals surface area contributed by atoms with Gasteiger partial charge in [-0.3, -0.25) is 4.79 Å². The summed E-state index contributed by atoms with van der Waals surface area (Å²) < 4.78 is 4.88. The molecule has 1 aliphatic heterocycles. The highest BCUT2D eigenvalue weighted by molar-refractivity contribution is 5.84. The summed E-state index contributed by atoms with van der Waals surface area (Å²) in [5.41, 5.74) is 0. The van der Waals surface area contributed by atoms with Gasteiger partial charge in [0, 0.05) is 25.8 Å². The monoisotopic (exact) mass is 269 g/mol. The fourth-order valence-corrected chi connectivity index (χ4v) is 2.12. The first kappa shape index (κ1) is 13.5. The third-order valence-corrected chi connectivity index (χ3v) is 3.01. The zero-order valence-corrected chi connectivity index (χ0v) is 10.4. The lowest BCUT2D eigenvalue weighted by molar-refractivity contribution is -0.148. The van der Waals surface area contributed by atoms with Crippen LogP contribution in [0.3, 0.4) is 0 Å². The van der Waals surface area contributed by atoms with Gasteiger partial charge in [-0.15, -0.1) is 0 Å². The van der Waals surface area contributed by atoms with E-state index in [-0.39, 0.29) is 31.7 Å². The van der Waals surface area contributed by atoms with Crippen LogP contribution in [0.4, 0.5) is 0 Å². The van der Waals surface area contributed by atoms with Gasteiger partial charge in [-0.25, -0.2) is 4.79 Å². The standard InChI is InChI=1S/C11H15N3O5/c1-6-12-9(19-13-6)2-3-10(16)14-5-7(15)4-8(14)11(17)18/h7-8,15H,2-5H2,1H3,(H,17,18)/t7-,8-/m0/s1. The molecule has 0 unspecified atom stereocenters. The third-order valence-electron chi connectivity index (χ3n) is 3.01. The number of aryl methyl sites for hydroxylation is 2. The molecule has 19 heavy (non-hydrogen) atoms. The van der Waals surface area contributed by atoms with Crippen molar-refractivity contribution in [3.8, 4) is 0 Å². The van der Waals surface area contributed by atoms with Gasteiger partial charge in [-0.1, -0.05) is 5.16 Å². The Morgan fingerprint density at radius 2 is 2.26 bits per heavy atom. The number of aromatic nitrogens is 2. The van der Waals surface area contributed by atoms with Crippen molar-refractivity contribution in [3.63, 3.8) is 0 Å². The largest absolute Gasteiger partial charge is 0.480 e. The molecule has 1 fully saturated rings. The molecule has 2 heterocycles. The highest BCUT2D eigenvalue weighted by Gasteiger charge is 2.38. The van der Waals surface area contributed by atoms with Crippen molar-refractivity contribution in [1.82, 2.24) is 15.0 Å². The molecule has 104 valence electrons. The predicted octanol–water partition coefficient (Wildman–Crippen LogP) is -0.643. The number of hydrogen-bond donors (Lipinski definition) is 2. The average Bonchev–Trinajstić information content (AvgIpc) is 2.92. The fraction of sp³-hybridized carbons (Fsp3) is 0.636. The highest BCUT2D eigenvalue weighted by Crippen LogP contribution is 2.19. The minimum atomic E-state index is -1.10. The molecule has 8 nitrogen and oxygen atoms in total. The lowest BCUT2D eigenvalue weighted by atomic mass is 10.2. The Bertz CT molecular complexity index is 486. The van der Waals surface area contributed by atoms with Gasteiger partial charge in [0.05, 0.1) is 6.10 Å². The van der Waals surface area contributed by atoms with Gasteiger partial charge < -0.3 is 19.6 Å². The molecule has 8 heteroatoms. The number of likely N-dealkylation sites (tertiary alicyclic amines) is 1. The number of carboxylic acid groups (broad SMARTS) is 1. The van der Waals surface area contributed by atoms with E-state index in [1.165, 1.54) is 4.90 Å². The van der Waals surface area contributed by atoms with Gasteiger partial charge in [0.2, 0.25) is 11.8 Å². The first-order valence-electron chi connectivity index (χ1n) is 5.97. The maximum atomic E-state index is 11.9. The molecule has 2 rings (SSSR count). The van der Waals surface area contributed by atoms with Crippen LogP contribution in [0.15, 0.2) is 4.52 Å². The number of β-amino-alcohol motifs (C(OH)–C–C–N with tert-alkyl or cyclic N) is 1. The first-order chi connectivity index (χ1) is 8.97. The number of carbonyl (C=O) groups excluding carboxylic acids is 1. The zero-order valence-electron chi connectivity index (χ0n) is 10.4. The molecule has 2 N–H and O–H groups in total. The van der Waals surface area contributed by atoms with Crippen LogP contribution in [0.25, 0.3) is 0 Å². The Hall–Kier alpha value is -1.96. The summed E-state index contributed by atoms with van der Waals surface area (Å²) in [7, 11) is 0. The van der Waals surface area contributed by atoms with Crippen LogP contribution < -0.4 is 0 Å². The molecule has 1 aromatic heterocycles. The van der Waals surface area contributed by atoms with Crippen molar-refractivity contribution < 1.29 is 24.3 Å². The van der Waals surface area contributed by atoms with Crippen molar-refractivity contribution in [1.29, 1.82) is 0 Å². The Morgan fingerprint density at radius 1 is 1.53 bits per heavy atom. The fourth-order valence-electron chi connectivity index (χ4n) is 2.12. The second kappa shape index (κ2) is 5.35. The summed E-state index contributed by atoms with van der Waals surface area (Å²) in [6.45, 7) is 1.73. The molecule has 1 aliphatic rings. The van der Waals surface area contributed by atoms with Crippen molar-refractivity contribution in [2.45, 2.75) is 38.3 Å². The van der Waals surface area contributed by atoms with Gasteiger partial charge in [0.15, 0.2) is 5.82 Å². The van der Waals surface area contributed by atoms with Crippen molar-refractivity contribution >= 4 is 11.9 Å². The van der Waals surface area contributed by atoms with E-state index >= 15 is 0 Å². The molecule has 1 saturated heterocycles. The van der Waals surface area contributed by atoms with Crippen LogP contribution >= 0.6 is 0 Å². The Morgan fingerprint density at radius 3 is 2.84 bits per heavy atom. The molecule has 0 aliphatic carbocycles. The SMILES string of the molecule is Cc1noc(CCC(=O)N2C[C@@H](O)C[C@H]2C(=O)O)n1. The predicted molar refractivity (Wildman–Crippen MR) is 61.1 cm³/mol. The van der Waals surface area contributed by atoms with Gasteiger partial charge in [-0.05, 0) is 6.92 Å². The van der Waals surface area contributed by atoms with Gasteiger partial charge in [0.1, 0.15) is 6.04 Å². The van der Waals surface area contributed by atoms with Crippen molar-refractivity contribution in [2.24, 2.45) is 0 Å². The van der Waals surface area contributed by atoms with Gasteiger partial charge in [0.25, 0.3) is 0 Å². The number of aliphatic hydroxyl groups excluding tert-OH is 1. The number of carboxylic acids is 1.